The minimum absolute atomic E-state index is 0.0143. The van der Waals surface area contributed by atoms with E-state index in [0.29, 0.717) is 12.4 Å². The molecule has 126 valence electrons. The Balaban J connectivity index is 1.28. The van der Waals surface area contributed by atoms with Crippen molar-refractivity contribution in [3.8, 4) is 0 Å². The van der Waals surface area contributed by atoms with Crippen molar-refractivity contribution in [1.82, 2.24) is 9.88 Å². The van der Waals surface area contributed by atoms with Crippen molar-refractivity contribution in [1.29, 1.82) is 0 Å². The van der Waals surface area contributed by atoms with E-state index in [9.17, 15) is 4.79 Å². The number of nitrogens with zero attached hydrogens (tertiary/aromatic N) is 2. The van der Waals surface area contributed by atoms with Crippen molar-refractivity contribution in [2.75, 3.05) is 18.8 Å². The maximum Gasteiger partial charge on any atom is 0.289 e. The van der Waals surface area contributed by atoms with Gasteiger partial charge in [-0.1, -0.05) is 6.07 Å². The summed E-state index contributed by atoms with van der Waals surface area (Å²) in [6.45, 7) is 4.10. The van der Waals surface area contributed by atoms with Crippen LogP contribution in [0.25, 0.3) is 0 Å². The van der Waals surface area contributed by atoms with Gasteiger partial charge in [0.25, 0.3) is 5.91 Å². The summed E-state index contributed by atoms with van der Waals surface area (Å²) in [6.07, 6.45) is 2.76. The molecule has 0 aliphatic carbocycles. The first-order valence-electron chi connectivity index (χ1n) is 8.14. The molecule has 4 rings (SSSR count). The number of rotatable bonds is 4. The van der Waals surface area contributed by atoms with Crippen molar-refractivity contribution in [2.45, 2.75) is 30.8 Å². The molecule has 0 saturated carbocycles. The van der Waals surface area contributed by atoms with Gasteiger partial charge in [-0.15, -0.1) is 11.8 Å². The monoisotopic (exact) mass is 344 g/mol. The van der Waals surface area contributed by atoms with Gasteiger partial charge >= 0.3 is 0 Å². The number of aryl methyl sites for hydroxylation is 1. The lowest BCUT2D eigenvalue weighted by Crippen LogP contribution is -2.60. The third kappa shape index (κ3) is 3.08. The van der Waals surface area contributed by atoms with Crippen molar-refractivity contribution < 1.29 is 13.9 Å². The van der Waals surface area contributed by atoms with Crippen LogP contribution in [0.1, 0.15) is 28.4 Å². The van der Waals surface area contributed by atoms with Gasteiger partial charge in [-0.25, -0.2) is 0 Å². The van der Waals surface area contributed by atoms with E-state index in [1.54, 1.807) is 12.1 Å². The molecule has 1 atom stereocenters. The molecule has 6 heteroatoms. The molecule has 0 N–H and O–H groups in total. The molecule has 2 aromatic rings. The summed E-state index contributed by atoms with van der Waals surface area (Å²) in [5, 5.41) is 0. The third-order valence-electron chi connectivity index (χ3n) is 4.57. The Labute approximate surface area is 145 Å². The molecule has 2 aromatic heterocycles. The van der Waals surface area contributed by atoms with Gasteiger partial charge in [0.05, 0.1) is 29.4 Å². The van der Waals surface area contributed by atoms with E-state index in [4.69, 9.17) is 9.15 Å². The molecule has 0 unspecified atom stereocenters. The highest BCUT2D eigenvalue weighted by Gasteiger charge is 2.51. The van der Waals surface area contributed by atoms with Gasteiger partial charge in [-0.3, -0.25) is 9.78 Å². The zero-order chi connectivity index (χ0) is 16.6. The summed E-state index contributed by atoms with van der Waals surface area (Å²) < 4.78 is 11.4. The lowest BCUT2D eigenvalue weighted by atomic mass is 9.92. The average molecular weight is 344 g/mol. The Kier molecular flexibility index (Phi) is 4.10. The molecular weight excluding hydrogens is 324 g/mol. The highest BCUT2D eigenvalue weighted by atomic mass is 32.2. The maximum absolute atomic E-state index is 12.2. The lowest BCUT2D eigenvalue weighted by molar-refractivity contribution is 0.0233. The first-order chi connectivity index (χ1) is 11.6. The number of aromatic nitrogens is 1. The van der Waals surface area contributed by atoms with E-state index in [1.165, 1.54) is 6.26 Å². The Morgan fingerprint density at radius 2 is 2.29 bits per heavy atom. The zero-order valence-corrected chi connectivity index (χ0v) is 14.4. The largest absolute Gasteiger partial charge is 0.459 e. The fourth-order valence-corrected chi connectivity index (χ4v) is 4.91. The molecule has 2 fully saturated rings. The van der Waals surface area contributed by atoms with Gasteiger partial charge in [-0.2, -0.15) is 0 Å². The van der Waals surface area contributed by atoms with Crippen LogP contribution in [0.2, 0.25) is 0 Å². The predicted octanol–water partition coefficient (Wildman–Crippen LogP) is 2.90. The Bertz CT molecular complexity index is 726. The number of ether oxygens (including phenoxy) is 1. The topological polar surface area (TPSA) is 55.6 Å². The smallest absolute Gasteiger partial charge is 0.289 e. The van der Waals surface area contributed by atoms with Crippen LogP contribution < -0.4 is 0 Å². The number of carbonyl (C=O) groups is 1. The number of carbonyl (C=O) groups excluding carboxylic acids is 1. The van der Waals surface area contributed by atoms with E-state index >= 15 is 0 Å². The van der Waals surface area contributed by atoms with Crippen molar-refractivity contribution in [3.63, 3.8) is 0 Å². The molecule has 5 nitrogen and oxygen atoms in total. The van der Waals surface area contributed by atoms with Crippen LogP contribution in [0.5, 0.6) is 0 Å². The van der Waals surface area contributed by atoms with E-state index in [2.05, 4.69) is 4.98 Å². The van der Waals surface area contributed by atoms with Gasteiger partial charge in [0.15, 0.2) is 5.76 Å². The summed E-state index contributed by atoms with van der Waals surface area (Å²) in [7, 11) is 0. The quantitative estimate of drug-likeness (QED) is 0.854. The van der Waals surface area contributed by atoms with Crippen LogP contribution in [0.3, 0.4) is 0 Å². The summed E-state index contributed by atoms with van der Waals surface area (Å²) >= 11 is 1.93. The summed E-state index contributed by atoms with van der Waals surface area (Å²) in [5.74, 6) is 1.39. The van der Waals surface area contributed by atoms with E-state index < -0.39 is 0 Å². The SMILES string of the molecule is Cc1cccc(CO[C@H]2CSC3(C2)CN(C(=O)c2ccco2)C3)n1. The molecule has 0 radical (unpaired) electrons. The van der Waals surface area contributed by atoms with Crippen molar-refractivity contribution >= 4 is 17.7 Å². The first-order valence-corrected chi connectivity index (χ1v) is 9.13. The summed E-state index contributed by atoms with van der Waals surface area (Å²) in [5.41, 5.74) is 1.99. The van der Waals surface area contributed by atoms with Gasteiger partial charge in [0, 0.05) is 24.5 Å². The Hall–Kier alpha value is -1.79. The first kappa shape index (κ1) is 15.7. The number of likely N-dealkylation sites (tertiary alicyclic amines) is 1. The highest BCUT2D eigenvalue weighted by molar-refractivity contribution is 8.01. The number of amides is 1. The van der Waals surface area contributed by atoms with Crippen molar-refractivity contribution in [2.24, 2.45) is 0 Å². The lowest BCUT2D eigenvalue weighted by Gasteiger charge is -2.47. The van der Waals surface area contributed by atoms with Gasteiger partial charge in [0.1, 0.15) is 0 Å². The Morgan fingerprint density at radius 1 is 1.42 bits per heavy atom. The van der Waals surface area contributed by atoms with Crippen LogP contribution in [-0.2, 0) is 11.3 Å². The predicted molar refractivity (Wildman–Crippen MR) is 92.0 cm³/mol. The summed E-state index contributed by atoms with van der Waals surface area (Å²) in [6, 6.07) is 9.46. The maximum atomic E-state index is 12.2. The molecule has 0 bridgehead atoms. The Morgan fingerprint density at radius 3 is 3.04 bits per heavy atom. The number of hydrogen-bond acceptors (Lipinski definition) is 5. The van der Waals surface area contributed by atoms with Crippen molar-refractivity contribution in [3.05, 3.63) is 53.7 Å². The van der Waals surface area contributed by atoms with E-state index in [-0.39, 0.29) is 16.8 Å². The summed E-state index contributed by atoms with van der Waals surface area (Å²) in [4.78, 5) is 18.6. The minimum atomic E-state index is -0.0143. The minimum Gasteiger partial charge on any atom is -0.459 e. The fourth-order valence-electron chi connectivity index (χ4n) is 3.36. The molecule has 2 saturated heterocycles. The molecule has 24 heavy (non-hydrogen) atoms. The standard InChI is InChI=1S/C18H20N2O3S/c1-13-4-2-5-14(19-13)9-23-15-8-18(24-10-15)11-20(12-18)17(21)16-6-3-7-22-16/h2-7,15H,8-12H2,1H3/t15-/m1/s1. The number of furan rings is 1. The van der Waals surface area contributed by atoms with Gasteiger partial charge < -0.3 is 14.1 Å². The van der Waals surface area contributed by atoms with Gasteiger partial charge in [-0.05, 0) is 37.6 Å². The van der Waals surface area contributed by atoms with E-state index in [0.717, 1.165) is 36.7 Å². The molecule has 4 heterocycles. The third-order valence-corrected chi connectivity index (χ3v) is 6.14. The number of hydrogen-bond donors (Lipinski definition) is 0. The second-order valence-electron chi connectivity index (χ2n) is 6.54. The van der Waals surface area contributed by atoms with Crippen LogP contribution >= 0.6 is 11.8 Å². The van der Waals surface area contributed by atoms with Crippen LogP contribution in [0, 0.1) is 6.92 Å². The average Bonchev–Trinajstić information content (AvgIpc) is 3.21. The van der Waals surface area contributed by atoms with Gasteiger partial charge in [0.2, 0.25) is 0 Å². The number of thioether (sulfide) groups is 1. The number of pyridine rings is 1. The van der Waals surface area contributed by atoms with Crippen LogP contribution in [-0.4, -0.2) is 45.5 Å². The molecule has 1 amide bonds. The second kappa shape index (κ2) is 6.26. The zero-order valence-electron chi connectivity index (χ0n) is 13.6. The fraction of sp³-hybridized carbons (Fsp3) is 0.444. The molecule has 0 aromatic carbocycles. The highest BCUT2D eigenvalue weighted by Crippen LogP contribution is 2.46. The molecule has 2 aliphatic heterocycles. The van der Waals surface area contributed by atoms with Crippen LogP contribution in [0.4, 0.5) is 0 Å². The normalized spacial score (nSPS) is 21.9. The van der Waals surface area contributed by atoms with Crippen LogP contribution in [0.15, 0.2) is 41.0 Å². The molecule has 2 aliphatic rings. The molecule has 1 spiro atoms. The van der Waals surface area contributed by atoms with E-state index in [1.807, 2.05) is 41.8 Å². The second-order valence-corrected chi connectivity index (χ2v) is 8.03. The molecular formula is C18H20N2O3S.